The Morgan fingerprint density at radius 3 is 2.23 bits per heavy atom. The van der Waals surface area contributed by atoms with Gasteiger partial charge < -0.3 is 19.4 Å². The van der Waals surface area contributed by atoms with E-state index in [0.717, 1.165) is 11.6 Å². The van der Waals surface area contributed by atoms with Crippen LogP contribution in [0.15, 0.2) is 82.0 Å². The van der Waals surface area contributed by atoms with Gasteiger partial charge in [-0.3, -0.25) is 0 Å². The van der Waals surface area contributed by atoms with Crippen molar-refractivity contribution < 1.29 is 24.2 Å². The smallest absolute Gasteiger partial charge is 0.344 e. The number of methoxy groups -OCH3 is 1. The van der Waals surface area contributed by atoms with Crippen molar-refractivity contribution in [2.24, 2.45) is 0 Å². The highest BCUT2D eigenvalue weighted by Crippen LogP contribution is 2.37. The molecule has 31 heavy (non-hydrogen) atoms. The maximum atomic E-state index is 13.0. The quantitative estimate of drug-likeness (QED) is 0.355. The van der Waals surface area contributed by atoms with Crippen LogP contribution >= 0.6 is 0 Å². The van der Waals surface area contributed by atoms with Gasteiger partial charge in [0.05, 0.1) is 12.7 Å². The predicted octanol–water partition coefficient (Wildman–Crippen LogP) is 4.94. The van der Waals surface area contributed by atoms with E-state index in [4.69, 9.17) is 14.3 Å². The number of fused-ring (bicyclic) bond motifs is 1. The number of ether oxygens (including phenoxy) is 1. The van der Waals surface area contributed by atoms with Gasteiger partial charge in [0.25, 0.3) is 0 Å². The minimum atomic E-state index is -1.03. The van der Waals surface area contributed by atoms with Crippen LogP contribution in [0.2, 0.25) is 0 Å². The first kappa shape index (κ1) is 20.0. The summed E-state index contributed by atoms with van der Waals surface area (Å²) in [7, 11) is 1.57. The average Bonchev–Trinajstić information content (AvgIpc) is 2.77. The summed E-state index contributed by atoms with van der Waals surface area (Å²) in [4.78, 5) is 23.7. The van der Waals surface area contributed by atoms with E-state index < -0.39 is 11.6 Å². The Balaban J connectivity index is 1.96. The Kier molecular flexibility index (Phi) is 5.28. The summed E-state index contributed by atoms with van der Waals surface area (Å²) in [5.41, 5.74) is 2.90. The molecular formula is C25H18O6. The molecule has 6 nitrogen and oxygen atoms in total. The summed E-state index contributed by atoms with van der Waals surface area (Å²) in [6.07, 6.45) is 2.55. The van der Waals surface area contributed by atoms with Gasteiger partial charge in [0.15, 0.2) is 0 Å². The van der Waals surface area contributed by atoms with Gasteiger partial charge >= 0.3 is 11.6 Å². The molecule has 0 bridgehead atoms. The van der Waals surface area contributed by atoms with Crippen molar-refractivity contribution >= 4 is 23.0 Å². The van der Waals surface area contributed by atoms with Crippen molar-refractivity contribution in [3.63, 3.8) is 0 Å². The molecule has 0 amide bonds. The number of phenols is 1. The van der Waals surface area contributed by atoms with Crippen molar-refractivity contribution in [2.75, 3.05) is 7.11 Å². The Bertz CT molecular complexity index is 1350. The highest BCUT2D eigenvalue weighted by molar-refractivity contribution is 6.01. The van der Waals surface area contributed by atoms with Gasteiger partial charge in [-0.15, -0.1) is 0 Å². The summed E-state index contributed by atoms with van der Waals surface area (Å²) in [6, 6.07) is 18.9. The SMILES string of the molecule is COc1ccc(-c2c(-c3ccc(/C=C/C(=O)O)cc3)c3ccc(O)cc3oc2=O)cc1. The highest BCUT2D eigenvalue weighted by atomic mass is 16.5. The lowest BCUT2D eigenvalue weighted by molar-refractivity contribution is -0.131. The Morgan fingerprint density at radius 2 is 1.58 bits per heavy atom. The van der Waals surface area contributed by atoms with Crippen LogP contribution in [0.5, 0.6) is 11.5 Å². The molecule has 0 saturated heterocycles. The summed E-state index contributed by atoms with van der Waals surface area (Å²) in [6.45, 7) is 0. The van der Waals surface area contributed by atoms with E-state index in [9.17, 15) is 14.7 Å². The van der Waals surface area contributed by atoms with Crippen LogP contribution in [0.3, 0.4) is 0 Å². The lowest BCUT2D eigenvalue weighted by Crippen LogP contribution is -2.06. The minimum absolute atomic E-state index is 0.00652. The summed E-state index contributed by atoms with van der Waals surface area (Å²) < 4.78 is 10.7. The molecule has 4 rings (SSSR count). The fraction of sp³-hybridized carbons (Fsp3) is 0.0400. The highest BCUT2D eigenvalue weighted by Gasteiger charge is 2.18. The number of carbonyl (C=O) groups is 1. The molecule has 0 aliphatic rings. The number of carboxylic acid groups (broad SMARTS) is 1. The lowest BCUT2D eigenvalue weighted by Gasteiger charge is -2.13. The number of hydrogen-bond donors (Lipinski definition) is 2. The molecule has 3 aromatic carbocycles. The van der Waals surface area contributed by atoms with E-state index in [0.29, 0.717) is 33.4 Å². The van der Waals surface area contributed by atoms with Gasteiger partial charge in [-0.1, -0.05) is 36.4 Å². The zero-order chi connectivity index (χ0) is 22.0. The fourth-order valence-electron chi connectivity index (χ4n) is 3.44. The molecule has 4 aromatic rings. The van der Waals surface area contributed by atoms with E-state index in [1.165, 1.54) is 18.2 Å². The van der Waals surface area contributed by atoms with Crippen LogP contribution in [0.1, 0.15) is 5.56 Å². The molecule has 154 valence electrons. The van der Waals surface area contributed by atoms with E-state index >= 15 is 0 Å². The van der Waals surface area contributed by atoms with Crippen molar-refractivity contribution in [1.82, 2.24) is 0 Å². The predicted molar refractivity (Wildman–Crippen MR) is 118 cm³/mol. The first-order valence-corrected chi connectivity index (χ1v) is 9.42. The van der Waals surface area contributed by atoms with Gasteiger partial charge in [0.2, 0.25) is 0 Å². The second-order valence-corrected chi connectivity index (χ2v) is 6.84. The third kappa shape index (κ3) is 4.04. The van der Waals surface area contributed by atoms with Gasteiger partial charge in [-0.25, -0.2) is 9.59 Å². The maximum Gasteiger partial charge on any atom is 0.344 e. The number of aromatic hydroxyl groups is 1. The van der Waals surface area contributed by atoms with Gasteiger partial charge in [0, 0.05) is 23.1 Å². The standard InChI is InChI=1S/C25H18O6/c1-30-19-10-7-17(8-11-19)24-23(16-5-2-15(3-6-16)4-13-22(27)28)20-12-9-18(26)14-21(20)31-25(24)29/h2-14,26H,1H3,(H,27,28)/b13-4+. The van der Waals surface area contributed by atoms with Gasteiger partial charge in [-0.05, 0) is 47.0 Å². The van der Waals surface area contributed by atoms with E-state index in [-0.39, 0.29) is 11.3 Å². The number of carboxylic acids is 1. The Hall–Kier alpha value is -4.32. The van der Waals surface area contributed by atoms with Crippen LogP contribution in [0, 0.1) is 0 Å². The molecule has 0 saturated carbocycles. The Morgan fingerprint density at radius 1 is 0.935 bits per heavy atom. The molecule has 0 radical (unpaired) electrons. The lowest BCUT2D eigenvalue weighted by atomic mass is 9.92. The topological polar surface area (TPSA) is 97.0 Å². The summed E-state index contributed by atoms with van der Waals surface area (Å²) >= 11 is 0. The number of rotatable bonds is 5. The zero-order valence-electron chi connectivity index (χ0n) is 16.5. The largest absolute Gasteiger partial charge is 0.508 e. The molecule has 0 spiro atoms. The monoisotopic (exact) mass is 414 g/mol. The fourth-order valence-corrected chi connectivity index (χ4v) is 3.44. The molecular weight excluding hydrogens is 396 g/mol. The van der Waals surface area contributed by atoms with Crippen LogP contribution in [-0.4, -0.2) is 23.3 Å². The third-order valence-corrected chi connectivity index (χ3v) is 4.89. The van der Waals surface area contributed by atoms with Gasteiger partial charge in [0.1, 0.15) is 17.1 Å². The van der Waals surface area contributed by atoms with E-state index in [1.807, 2.05) is 12.1 Å². The first-order valence-electron chi connectivity index (χ1n) is 9.42. The van der Waals surface area contributed by atoms with E-state index in [2.05, 4.69) is 0 Å². The molecule has 2 N–H and O–H groups in total. The number of hydrogen-bond acceptors (Lipinski definition) is 5. The van der Waals surface area contributed by atoms with Crippen molar-refractivity contribution in [3.05, 3.63) is 88.8 Å². The number of phenolic OH excluding ortho intramolecular Hbond substituents is 1. The maximum absolute atomic E-state index is 13.0. The normalized spacial score (nSPS) is 11.1. The molecule has 6 heteroatoms. The van der Waals surface area contributed by atoms with E-state index in [1.54, 1.807) is 49.6 Å². The molecule has 0 aliphatic carbocycles. The molecule has 0 unspecified atom stereocenters. The first-order chi connectivity index (χ1) is 15.0. The molecule has 1 aromatic heterocycles. The van der Waals surface area contributed by atoms with Crippen LogP contribution < -0.4 is 10.4 Å². The number of benzene rings is 3. The zero-order valence-corrected chi connectivity index (χ0v) is 16.5. The van der Waals surface area contributed by atoms with Crippen molar-refractivity contribution in [2.45, 2.75) is 0 Å². The molecule has 0 atom stereocenters. The van der Waals surface area contributed by atoms with Crippen molar-refractivity contribution in [3.8, 4) is 33.8 Å². The Labute approximate surface area is 177 Å². The molecule has 0 aliphatic heterocycles. The molecule has 1 heterocycles. The van der Waals surface area contributed by atoms with Crippen molar-refractivity contribution in [1.29, 1.82) is 0 Å². The average molecular weight is 414 g/mol. The summed E-state index contributed by atoms with van der Waals surface area (Å²) in [5.74, 6) is -0.375. The third-order valence-electron chi connectivity index (χ3n) is 4.89. The second kappa shape index (κ2) is 8.20. The van der Waals surface area contributed by atoms with Crippen LogP contribution in [0.25, 0.3) is 39.3 Å². The van der Waals surface area contributed by atoms with Crippen LogP contribution in [-0.2, 0) is 4.79 Å². The molecule has 0 fully saturated rings. The van der Waals surface area contributed by atoms with Gasteiger partial charge in [-0.2, -0.15) is 0 Å². The number of aliphatic carboxylic acids is 1. The summed E-state index contributed by atoms with van der Waals surface area (Å²) in [5, 5.41) is 19.3. The van der Waals surface area contributed by atoms with Crippen LogP contribution in [0.4, 0.5) is 0 Å². The second-order valence-electron chi connectivity index (χ2n) is 6.84. The minimum Gasteiger partial charge on any atom is -0.508 e.